The molecule has 1 aliphatic rings. The maximum Gasteiger partial charge on any atom is 0.346 e. The van der Waals surface area contributed by atoms with Crippen molar-refractivity contribution in [3.05, 3.63) is 24.3 Å². The Morgan fingerprint density at radius 3 is 2.78 bits per heavy atom. The van der Waals surface area contributed by atoms with Crippen molar-refractivity contribution in [2.24, 2.45) is 5.92 Å². The Kier molecular flexibility index (Phi) is 2.74. The minimum atomic E-state index is -0.0596. The van der Waals surface area contributed by atoms with Gasteiger partial charge in [0.05, 0.1) is 5.52 Å². The van der Waals surface area contributed by atoms with Gasteiger partial charge in [0, 0.05) is 13.1 Å². The zero-order chi connectivity index (χ0) is 12.5. The molecule has 0 atom stereocenters. The molecule has 1 aliphatic heterocycles. The zero-order valence-electron chi connectivity index (χ0n) is 10.4. The van der Waals surface area contributed by atoms with Crippen molar-refractivity contribution in [3.63, 3.8) is 0 Å². The van der Waals surface area contributed by atoms with E-state index in [0.717, 1.165) is 37.0 Å². The second kappa shape index (κ2) is 4.40. The Morgan fingerprint density at radius 1 is 1.28 bits per heavy atom. The number of para-hydroxylation sites is 1. The van der Waals surface area contributed by atoms with E-state index in [4.69, 9.17) is 0 Å². The van der Waals surface area contributed by atoms with Crippen LogP contribution in [0.5, 0.6) is 0 Å². The van der Waals surface area contributed by atoms with E-state index < -0.39 is 0 Å². The lowest BCUT2D eigenvalue weighted by Gasteiger charge is -2.29. The fourth-order valence-corrected chi connectivity index (χ4v) is 2.34. The normalized spacial score (nSPS) is 17.3. The molecule has 0 aliphatic carbocycles. The van der Waals surface area contributed by atoms with Gasteiger partial charge >= 0.3 is 6.03 Å². The molecule has 0 N–H and O–H groups in total. The third kappa shape index (κ3) is 1.85. The highest BCUT2D eigenvalue weighted by molar-refractivity contribution is 5.87. The molecule has 5 heteroatoms. The maximum absolute atomic E-state index is 12.4. The number of nitrogens with zero attached hydrogens (tertiary/aromatic N) is 4. The molecule has 5 nitrogen and oxygen atoms in total. The van der Waals surface area contributed by atoms with Crippen molar-refractivity contribution < 1.29 is 4.79 Å². The Bertz CT molecular complexity index is 569. The average molecular weight is 244 g/mol. The quantitative estimate of drug-likeness (QED) is 0.713. The molecule has 0 radical (unpaired) electrons. The molecule has 0 saturated carbocycles. The van der Waals surface area contributed by atoms with Crippen molar-refractivity contribution in [1.29, 1.82) is 0 Å². The van der Waals surface area contributed by atoms with Crippen LogP contribution in [0.3, 0.4) is 0 Å². The van der Waals surface area contributed by atoms with Gasteiger partial charge in [-0.1, -0.05) is 24.3 Å². The van der Waals surface area contributed by atoms with Crippen molar-refractivity contribution in [2.75, 3.05) is 13.1 Å². The fourth-order valence-electron chi connectivity index (χ4n) is 2.34. The second-order valence-corrected chi connectivity index (χ2v) is 4.94. The number of likely N-dealkylation sites (tertiary alicyclic amines) is 1. The number of aromatic nitrogens is 3. The number of fused-ring (bicyclic) bond motifs is 1. The molecule has 1 amide bonds. The van der Waals surface area contributed by atoms with E-state index in [1.165, 1.54) is 4.68 Å². The summed E-state index contributed by atoms with van der Waals surface area (Å²) in [6.07, 6.45) is 2.14. The summed E-state index contributed by atoms with van der Waals surface area (Å²) in [6, 6.07) is 7.47. The molecule has 2 heterocycles. The molecule has 0 bridgehead atoms. The number of carbonyl (C=O) groups excluding carboxylic acids is 1. The van der Waals surface area contributed by atoms with E-state index in [1.54, 1.807) is 0 Å². The lowest BCUT2D eigenvalue weighted by molar-refractivity contribution is 0.173. The van der Waals surface area contributed by atoms with Gasteiger partial charge in [0.15, 0.2) is 0 Å². The number of hydrogen-bond donors (Lipinski definition) is 0. The van der Waals surface area contributed by atoms with Crippen LogP contribution in [0.1, 0.15) is 19.8 Å². The minimum absolute atomic E-state index is 0.0596. The average Bonchev–Trinajstić information content (AvgIpc) is 2.82. The van der Waals surface area contributed by atoms with E-state index >= 15 is 0 Å². The first-order valence-corrected chi connectivity index (χ1v) is 6.35. The molecule has 1 aromatic heterocycles. The molecule has 94 valence electrons. The van der Waals surface area contributed by atoms with Crippen LogP contribution < -0.4 is 0 Å². The summed E-state index contributed by atoms with van der Waals surface area (Å²) >= 11 is 0. The highest BCUT2D eigenvalue weighted by Gasteiger charge is 2.23. The van der Waals surface area contributed by atoms with Gasteiger partial charge in [-0.15, -0.1) is 5.10 Å². The summed E-state index contributed by atoms with van der Waals surface area (Å²) < 4.78 is 1.41. The molecule has 1 fully saturated rings. The Balaban J connectivity index is 1.88. The summed E-state index contributed by atoms with van der Waals surface area (Å²) in [6.45, 7) is 3.86. The van der Waals surface area contributed by atoms with Crippen LogP contribution in [0.4, 0.5) is 4.79 Å². The van der Waals surface area contributed by atoms with E-state index in [0.29, 0.717) is 5.92 Å². The van der Waals surface area contributed by atoms with Crippen LogP contribution in [0.2, 0.25) is 0 Å². The van der Waals surface area contributed by atoms with Crippen LogP contribution in [0.25, 0.3) is 11.0 Å². The minimum Gasteiger partial charge on any atom is -0.323 e. The van der Waals surface area contributed by atoms with Crippen LogP contribution in [0, 0.1) is 5.92 Å². The SMILES string of the molecule is CC1CCN(C(=O)n2nnc3ccccc32)CC1. The molecule has 1 aromatic carbocycles. The predicted octanol–water partition coefficient (Wildman–Crippen LogP) is 2.13. The van der Waals surface area contributed by atoms with Gasteiger partial charge in [-0.25, -0.2) is 4.79 Å². The third-order valence-electron chi connectivity index (χ3n) is 3.59. The van der Waals surface area contributed by atoms with Crippen LogP contribution in [-0.4, -0.2) is 39.0 Å². The van der Waals surface area contributed by atoms with E-state index in [1.807, 2.05) is 29.2 Å². The number of amides is 1. The van der Waals surface area contributed by atoms with Gasteiger partial charge in [-0.3, -0.25) is 0 Å². The topological polar surface area (TPSA) is 51.0 Å². The highest BCUT2D eigenvalue weighted by atomic mass is 16.2. The van der Waals surface area contributed by atoms with E-state index in [9.17, 15) is 4.79 Å². The van der Waals surface area contributed by atoms with Gasteiger partial charge in [0.25, 0.3) is 0 Å². The Hall–Kier alpha value is -1.91. The molecular formula is C13H16N4O. The first-order valence-electron chi connectivity index (χ1n) is 6.35. The number of rotatable bonds is 0. The predicted molar refractivity (Wildman–Crippen MR) is 68.3 cm³/mol. The maximum atomic E-state index is 12.4. The smallest absolute Gasteiger partial charge is 0.323 e. The van der Waals surface area contributed by atoms with Crippen molar-refractivity contribution >= 4 is 17.1 Å². The molecular weight excluding hydrogens is 228 g/mol. The Labute approximate surface area is 105 Å². The molecule has 18 heavy (non-hydrogen) atoms. The fraction of sp³-hybridized carbons (Fsp3) is 0.462. The van der Waals surface area contributed by atoms with Gasteiger partial charge in [0.1, 0.15) is 5.52 Å². The lowest BCUT2D eigenvalue weighted by Crippen LogP contribution is -2.40. The summed E-state index contributed by atoms with van der Waals surface area (Å²) in [5, 5.41) is 7.98. The number of benzene rings is 1. The standard InChI is InChI=1S/C13H16N4O/c1-10-6-8-16(9-7-10)13(18)17-12-5-3-2-4-11(12)14-15-17/h2-5,10H,6-9H2,1H3. The largest absolute Gasteiger partial charge is 0.346 e. The zero-order valence-corrected chi connectivity index (χ0v) is 10.4. The van der Waals surface area contributed by atoms with Gasteiger partial charge in [-0.05, 0) is 30.9 Å². The third-order valence-corrected chi connectivity index (χ3v) is 3.59. The molecule has 3 rings (SSSR count). The summed E-state index contributed by atoms with van der Waals surface area (Å²) in [5.41, 5.74) is 1.54. The van der Waals surface area contributed by atoms with Gasteiger partial charge < -0.3 is 4.90 Å². The number of carbonyl (C=O) groups is 1. The van der Waals surface area contributed by atoms with Crippen LogP contribution in [-0.2, 0) is 0 Å². The van der Waals surface area contributed by atoms with Crippen LogP contribution in [0.15, 0.2) is 24.3 Å². The summed E-state index contributed by atoms with van der Waals surface area (Å²) in [7, 11) is 0. The number of piperidine rings is 1. The van der Waals surface area contributed by atoms with Crippen molar-refractivity contribution in [3.8, 4) is 0 Å². The summed E-state index contributed by atoms with van der Waals surface area (Å²) in [5.74, 6) is 0.710. The highest BCUT2D eigenvalue weighted by Crippen LogP contribution is 2.18. The molecule has 0 unspecified atom stereocenters. The van der Waals surface area contributed by atoms with Crippen molar-refractivity contribution in [2.45, 2.75) is 19.8 Å². The van der Waals surface area contributed by atoms with Crippen LogP contribution >= 0.6 is 0 Å². The number of hydrogen-bond acceptors (Lipinski definition) is 3. The lowest BCUT2D eigenvalue weighted by atomic mass is 10.00. The molecule has 1 saturated heterocycles. The van der Waals surface area contributed by atoms with E-state index in [-0.39, 0.29) is 6.03 Å². The molecule has 0 spiro atoms. The summed E-state index contributed by atoms with van der Waals surface area (Å²) in [4.78, 5) is 14.2. The Morgan fingerprint density at radius 2 is 2.00 bits per heavy atom. The monoisotopic (exact) mass is 244 g/mol. The van der Waals surface area contributed by atoms with E-state index in [2.05, 4.69) is 17.2 Å². The first kappa shape index (κ1) is 11.2. The second-order valence-electron chi connectivity index (χ2n) is 4.94. The van der Waals surface area contributed by atoms with Crippen molar-refractivity contribution in [1.82, 2.24) is 19.9 Å². The molecule has 2 aromatic rings. The van der Waals surface area contributed by atoms with Gasteiger partial charge in [0.2, 0.25) is 0 Å². The van der Waals surface area contributed by atoms with Gasteiger partial charge in [-0.2, -0.15) is 4.68 Å². The first-order chi connectivity index (χ1) is 8.75.